The maximum absolute atomic E-state index is 12.3. The molecule has 0 radical (unpaired) electrons. The monoisotopic (exact) mass is 307 g/mol. The van der Waals surface area contributed by atoms with Gasteiger partial charge in [0.05, 0.1) is 12.1 Å². The van der Waals surface area contributed by atoms with Crippen molar-refractivity contribution in [3.63, 3.8) is 0 Å². The van der Waals surface area contributed by atoms with Gasteiger partial charge < -0.3 is 0 Å². The normalized spacial score (nSPS) is 35.0. The highest BCUT2D eigenvalue weighted by Crippen LogP contribution is 2.82. The highest BCUT2D eigenvalue weighted by molar-refractivity contribution is 6.19. The first-order chi connectivity index (χ1) is 10.7. The first-order valence-electron chi connectivity index (χ1n) is 7.47. The van der Waals surface area contributed by atoms with Gasteiger partial charge in [-0.1, -0.05) is 51.1 Å². The van der Waals surface area contributed by atoms with E-state index < -0.39 is 28.1 Å². The molecule has 2 amide bonds. The smallest absolute Gasteiger partial charge is 0.249 e. The summed E-state index contributed by atoms with van der Waals surface area (Å²) in [6, 6.07) is 13.7. The van der Waals surface area contributed by atoms with Gasteiger partial charge in [-0.15, -0.1) is 0 Å². The lowest BCUT2D eigenvalue weighted by Gasteiger charge is -2.31. The summed E-state index contributed by atoms with van der Waals surface area (Å²) < 4.78 is 0. The Morgan fingerprint density at radius 1 is 1.04 bits per heavy atom. The first kappa shape index (κ1) is 15.2. The van der Waals surface area contributed by atoms with Gasteiger partial charge in [0.2, 0.25) is 11.8 Å². The van der Waals surface area contributed by atoms with Crippen LogP contribution in [0.4, 0.5) is 0 Å². The predicted octanol–water partition coefficient (Wildman–Crippen LogP) is 2.05. The zero-order valence-corrected chi connectivity index (χ0v) is 13.3. The average Bonchev–Trinajstić information content (AvgIpc) is 2.88. The van der Waals surface area contributed by atoms with Gasteiger partial charge in [0.15, 0.2) is 10.8 Å². The fourth-order valence-electron chi connectivity index (χ4n) is 4.57. The summed E-state index contributed by atoms with van der Waals surface area (Å²) in [5.41, 5.74) is -3.51. The van der Waals surface area contributed by atoms with Crippen LogP contribution in [0.15, 0.2) is 30.3 Å². The molecule has 1 aliphatic heterocycles. The predicted molar refractivity (Wildman–Crippen MR) is 81.4 cm³/mol. The molecule has 3 atom stereocenters. The van der Waals surface area contributed by atoms with E-state index in [0.29, 0.717) is 6.42 Å². The van der Waals surface area contributed by atoms with Gasteiger partial charge in [-0.2, -0.15) is 10.5 Å². The second kappa shape index (κ2) is 4.20. The Morgan fingerprint density at radius 2 is 1.52 bits per heavy atom. The number of piperidine rings is 1. The van der Waals surface area contributed by atoms with Crippen molar-refractivity contribution >= 4 is 11.8 Å². The Morgan fingerprint density at radius 3 is 1.96 bits per heavy atom. The molecule has 1 unspecified atom stereocenters. The van der Waals surface area contributed by atoms with Gasteiger partial charge in [0.1, 0.15) is 0 Å². The lowest BCUT2D eigenvalue weighted by molar-refractivity contribution is -0.130. The SMILES string of the molecule is CC(C)(CC1(C)[C@]2(C#N)C(=O)NC(=O)[C@]12C#N)c1ccccc1. The molecule has 3 rings (SSSR count). The number of carbonyl (C=O) groups is 2. The molecule has 1 heterocycles. The zero-order chi connectivity index (χ0) is 17.1. The summed E-state index contributed by atoms with van der Waals surface area (Å²) in [6.07, 6.45) is 0.393. The molecule has 2 fully saturated rings. The van der Waals surface area contributed by atoms with Gasteiger partial charge in [0.25, 0.3) is 0 Å². The minimum atomic E-state index is -1.59. The fourth-order valence-corrected chi connectivity index (χ4v) is 4.57. The van der Waals surface area contributed by atoms with E-state index in [1.165, 1.54) is 0 Å². The van der Waals surface area contributed by atoms with E-state index in [2.05, 4.69) is 5.32 Å². The Labute approximate surface area is 134 Å². The van der Waals surface area contributed by atoms with Gasteiger partial charge in [-0.3, -0.25) is 14.9 Å². The standard InChI is InChI=1S/C18H17N3O2/c1-15(2,12-7-5-4-6-8-12)9-16(3)17(10-19)13(22)21-14(23)18(16,17)11-20/h4-8H,9H2,1-3H3,(H,21,22,23)/t16?,17-,18+. The molecule has 116 valence electrons. The Hall–Kier alpha value is -2.66. The van der Waals surface area contributed by atoms with Crippen molar-refractivity contribution in [2.24, 2.45) is 16.2 Å². The summed E-state index contributed by atoms with van der Waals surface area (Å²) in [5.74, 6) is -1.28. The molecule has 23 heavy (non-hydrogen) atoms. The molecular formula is C18H17N3O2. The van der Waals surface area contributed by atoms with Crippen LogP contribution in [-0.2, 0) is 15.0 Å². The van der Waals surface area contributed by atoms with Crippen molar-refractivity contribution in [2.45, 2.75) is 32.6 Å². The number of nitriles is 2. The minimum absolute atomic E-state index is 0.380. The van der Waals surface area contributed by atoms with Gasteiger partial charge in [-0.25, -0.2) is 0 Å². The number of fused-ring (bicyclic) bond motifs is 1. The highest BCUT2D eigenvalue weighted by Gasteiger charge is 2.97. The number of amides is 2. The Balaban J connectivity index is 2.08. The van der Waals surface area contributed by atoms with E-state index in [4.69, 9.17) is 0 Å². The van der Waals surface area contributed by atoms with Crippen molar-refractivity contribution < 1.29 is 9.59 Å². The third kappa shape index (κ3) is 1.40. The lowest BCUT2D eigenvalue weighted by Crippen LogP contribution is -2.39. The molecule has 5 nitrogen and oxygen atoms in total. The zero-order valence-electron chi connectivity index (χ0n) is 13.3. The van der Waals surface area contributed by atoms with E-state index in [0.717, 1.165) is 5.56 Å². The van der Waals surface area contributed by atoms with E-state index in [1.54, 1.807) is 6.92 Å². The topological polar surface area (TPSA) is 93.8 Å². The second-order valence-electron chi connectivity index (χ2n) is 7.27. The van der Waals surface area contributed by atoms with Crippen LogP contribution >= 0.6 is 0 Å². The molecule has 1 N–H and O–H groups in total. The van der Waals surface area contributed by atoms with Gasteiger partial charge in [-0.05, 0) is 17.4 Å². The van der Waals surface area contributed by atoms with Crippen molar-refractivity contribution in [1.29, 1.82) is 10.5 Å². The van der Waals surface area contributed by atoms with Crippen LogP contribution in [0.2, 0.25) is 0 Å². The van der Waals surface area contributed by atoms with E-state index in [9.17, 15) is 20.1 Å². The van der Waals surface area contributed by atoms with Crippen LogP contribution in [0.3, 0.4) is 0 Å². The largest absolute Gasteiger partial charge is 0.293 e. The van der Waals surface area contributed by atoms with Crippen molar-refractivity contribution in [3.8, 4) is 12.1 Å². The van der Waals surface area contributed by atoms with Crippen molar-refractivity contribution in [2.75, 3.05) is 0 Å². The third-order valence-electron chi connectivity index (χ3n) is 5.75. The maximum Gasteiger partial charge on any atom is 0.249 e. The lowest BCUT2D eigenvalue weighted by atomic mass is 9.72. The molecule has 1 aliphatic carbocycles. The van der Waals surface area contributed by atoms with Crippen molar-refractivity contribution in [1.82, 2.24) is 5.32 Å². The summed E-state index contributed by atoms with van der Waals surface area (Å²) in [4.78, 5) is 24.6. The fraction of sp³-hybridized carbons (Fsp3) is 0.444. The maximum atomic E-state index is 12.3. The second-order valence-corrected chi connectivity index (χ2v) is 7.27. The highest BCUT2D eigenvalue weighted by atomic mass is 16.2. The molecule has 1 saturated carbocycles. The van der Waals surface area contributed by atoms with Gasteiger partial charge in [0, 0.05) is 5.41 Å². The Kier molecular flexibility index (Phi) is 2.79. The molecule has 0 bridgehead atoms. The summed E-state index contributed by atoms with van der Waals surface area (Å²) >= 11 is 0. The number of nitrogens with one attached hydrogen (secondary N) is 1. The van der Waals surface area contributed by atoms with Gasteiger partial charge >= 0.3 is 0 Å². The quantitative estimate of drug-likeness (QED) is 0.865. The number of rotatable bonds is 3. The molecule has 0 spiro atoms. The number of benzene rings is 1. The van der Waals surface area contributed by atoms with E-state index in [-0.39, 0.29) is 5.41 Å². The summed E-state index contributed by atoms with van der Waals surface area (Å²) in [7, 11) is 0. The summed E-state index contributed by atoms with van der Waals surface area (Å²) in [5, 5.41) is 21.4. The van der Waals surface area contributed by atoms with E-state index in [1.807, 2.05) is 56.3 Å². The van der Waals surface area contributed by atoms with Crippen LogP contribution < -0.4 is 5.32 Å². The number of carbonyl (C=O) groups excluding carboxylic acids is 2. The molecule has 1 aromatic carbocycles. The number of nitrogens with zero attached hydrogens (tertiary/aromatic N) is 2. The van der Waals surface area contributed by atoms with Crippen LogP contribution in [0.5, 0.6) is 0 Å². The molecule has 1 saturated heterocycles. The van der Waals surface area contributed by atoms with Crippen LogP contribution in [0, 0.1) is 38.9 Å². The van der Waals surface area contributed by atoms with Crippen LogP contribution in [-0.4, -0.2) is 11.8 Å². The van der Waals surface area contributed by atoms with E-state index >= 15 is 0 Å². The minimum Gasteiger partial charge on any atom is -0.293 e. The van der Waals surface area contributed by atoms with Crippen molar-refractivity contribution in [3.05, 3.63) is 35.9 Å². The average molecular weight is 307 g/mol. The molecule has 2 aliphatic rings. The van der Waals surface area contributed by atoms with Crippen LogP contribution in [0.25, 0.3) is 0 Å². The number of imide groups is 1. The van der Waals surface area contributed by atoms with Crippen LogP contribution in [0.1, 0.15) is 32.8 Å². The number of hydrogen-bond acceptors (Lipinski definition) is 4. The molecular weight excluding hydrogens is 290 g/mol. The third-order valence-corrected chi connectivity index (χ3v) is 5.75. The number of hydrogen-bond donors (Lipinski definition) is 1. The molecule has 0 aromatic heterocycles. The first-order valence-corrected chi connectivity index (χ1v) is 7.47. The summed E-state index contributed by atoms with van der Waals surface area (Å²) in [6.45, 7) is 5.71. The molecule has 1 aromatic rings. The Bertz CT molecular complexity index is 762. The molecule has 5 heteroatoms.